The fourth-order valence-corrected chi connectivity index (χ4v) is 2.65. The maximum atomic E-state index is 12.0. The number of imidazole rings is 1. The Morgan fingerprint density at radius 3 is 3.08 bits per heavy atom. The van der Waals surface area contributed by atoms with E-state index in [1.807, 2.05) is 35.9 Å². The first-order chi connectivity index (χ1) is 12.2. The van der Waals surface area contributed by atoms with Crippen LogP contribution < -0.4 is 19.5 Å². The molecule has 0 saturated heterocycles. The highest BCUT2D eigenvalue weighted by atomic mass is 16.7. The van der Waals surface area contributed by atoms with Gasteiger partial charge in [0, 0.05) is 18.5 Å². The SMILES string of the molecule is Cc1cccn2cc(CNC(=O)COc3ccc4c(c3)OCO4)nc12. The zero-order valence-electron chi connectivity index (χ0n) is 13.7. The Morgan fingerprint density at radius 2 is 2.20 bits per heavy atom. The molecule has 3 aromatic rings. The van der Waals surface area contributed by atoms with Gasteiger partial charge >= 0.3 is 0 Å². The summed E-state index contributed by atoms with van der Waals surface area (Å²) < 4.78 is 17.9. The van der Waals surface area contributed by atoms with Crippen LogP contribution in [0.2, 0.25) is 0 Å². The van der Waals surface area contributed by atoms with Gasteiger partial charge in [0.2, 0.25) is 6.79 Å². The molecule has 0 radical (unpaired) electrons. The zero-order chi connectivity index (χ0) is 17.2. The Labute approximate surface area is 144 Å². The van der Waals surface area contributed by atoms with E-state index >= 15 is 0 Å². The summed E-state index contributed by atoms with van der Waals surface area (Å²) in [6.45, 7) is 2.48. The number of fused-ring (bicyclic) bond motifs is 2. The smallest absolute Gasteiger partial charge is 0.258 e. The molecule has 7 nitrogen and oxygen atoms in total. The van der Waals surface area contributed by atoms with Crippen LogP contribution >= 0.6 is 0 Å². The molecule has 1 N–H and O–H groups in total. The highest BCUT2D eigenvalue weighted by molar-refractivity contribution is 5.77. The normalized spacial score (nSPS) is 12.4. The Morgan fingerprint density at radius 1 is 1.32 bits per heavy atom. The van der Waals surface area contributed by atoms with Crippen molar-refractivity contribution in [3.63, 3.8) is 0 Å². The van der Waals surface area contributed by atoms with Crippen LogP contribution in [0.4, 0.5) is 0 Å². The second-order valence-corrected chi connectivity index (χ2v) is 5.73. The number of amides is 1. The summed E-state index contributed by atoms with van der Waals surface area (Å²) >= 11 is 0. The van der Waals surface area contributed by atoms with Gasteiger partial charge in [-0.1, -0.05) is 6.07 Å². The summed E-state index contributed by atoms with van der Waals surface area (Å²) in [5, 5.41) is 2.81. The van der Waals surface area contributed by atoms with Crippen LogP contribution in [-0.4, -0.2) is 28.7 Å². The largest absolute Gasteiger partial charge is 0.484 e. The van der Waals surface area contributed by atoms with E-state index in [1.54, 1.807) is 18.2 Å². The molecule has 1 aliphatic heterocycles. The molecule has 0 bridgehead atoms. The number of aromatic nitrogens is 2. The van der Waals surface area contributed by atoms with Gasteiger partial charge in [0.15, 0.2) is 18.1 Å². The van der Waals surface area contributed by atoms with Crippen molar-refractivity contribution in [3.8, 4) is 17.2 Å². The molecular weight excluding hydrogens is 322 g/mol. The third-order valence-corrected chi connectivity index (χ3v) is 3.91. The van der Waals surface area contributed by atoms with Gasteiger partial charge in [-0.15, -0.1) is 0 Å². The van der Waals surface area contributed by atoms with Crippen molar-refractivity contribution in [3.05, 3.63) is 54.0 Å². The van der Waals surface area contributed by atoms with Gasteiger partial charge in [0.1, 0.15) is 11.4 Å². The number of nitrogens with zero attached hydrogens (tertiary/aromatic N) is 2. The molecule has 0 aliphatic carbocycles. The predicted octanol–water partition coefficient (Wildman–Crippen LogP) is 2.07. The first-order valence-corrected chi connectivity index (χ1v) is 7.91. The molecule has 0 atom stereocenters. The Kier molecular flexibility index (Phi) is 3.89. The van der Waals surface area contributed by atoms with Crippen LogP contribution in [0, 0.1) is 6.92 Å². The first kappa shape index (κ1) is 15.3. The zero-order valence-corrected chi connectivity index (χ0v) is 13.7. The van der Waals surface area contributed by atoms with Crippen molar-refractivity contribution in [1.82, 2.24) is 14.7 Å². The van der Waals surface area contributed by atoms with E-state index in [-0.39, 0.29) is 19.3 Å². The second-order valence-electron chi connectivity index (χ2n) is 5.73. The van der Waals surface area contributed by atoms with Gasteiger partial charge in [0.05, 0.1) is 12.2 Å². The minimum atomic E-state index is -0.216. The quantitative estimate of drug-likeness (QED) is 0.770. The summed E-state index contributed by atoms with van der Waals surface area (Å²) in [6.07, 6.45) is 3.84. The minimum Gasteiger partial charge on any atom is -0.484 e. The van der Waals surface area contributed by atoms with E-state index in [0.717, 1.165) is 16.9 Å². The van der Waals surface area contributed by atoms with Gasteiger partial charge in [0.25, 0.3) is 5.91 Å². The molecule has 128 valence electrons. The minimum absolute atomic E-state index is 0.0773. The maximum absolute atomic E-state index is 12.0. The van der Waals surface area contributed by atoms with Gasteiger partial charge in [-0.2, -0.15) is 0 Å². The molecule has 2 aromatic heterocycles. The van der Waals surface area contributed by atoms with Crippen LogP contribution in [-0.2, 0) is 11.3 Å². The summed E-state index contributed by atoms with van der Waals surface area (Å²) in [5.41, 5.74) is 2.78. The van der Waals surface area contributed by atoms with E-state index in [1.165, 1.54) is 0 Å². The van der Waals surface area contributed by atoms with Crippen molar-refractivity contribution >= 4 is 11.6 Å². The monoisotopic (exact) mass is 339 g/mol. The van der Waals surface area contributed by atoms with Crippen LogP contribution in [0.15, 0.2) is 42.7 Å². The van der Waals surface area contributed by atoms with E-state index in [0.29, 0.717) is 23.8 Å². The van der Waals surface area contributed by atoms with Crippen LogP contribution in [0.5, 0.6) is 17.2 Å². The average molecular weight is 339 g/mol. The molecule has 0 fully saturated rings. The standard InChI is InChI=1S/C18H17N3O4/c1-12-3-2-6-21-9-13(20-18(12)21)8-19-17(22)10-23-14-4-5-15-16(7-14)25-11-24-15/h2-7,9H,8,10-11H2,1H3,(H,19,22). The lowest BCUT2D eigenvalue weighted by molar-refractivity contribution is -0.123. The molecule has 1 aliphatic rings. The molecule has 25 heavy (non-hydrogen) atoms. The third kappa shape index (κ3) is 3.21. The fourth-order valence-electron chi connectivity index (χ4n) is 2.65. The first-order valence-electron chi connectivity index (χ1n) is 7.91. The molecule has 4 rings (SSSR count). The third-order valence-electron chi connectivity index (χ3n) is 3.91. The average Bonchev–Trinajstić information content (AvgIpc) is 3.24. The number of pyridine rings is 1. The lowest BCUT2D eigenvalue weighted by atomic mass is 10.3. The molecule has 0 spiro atoms. The molecule has 1 aromatic carbocycles. The summed E-state index contributed by atoms with van der Waals surface area (Å²) in [5.74, 6) is 1.64. The highest BCUT2D eigenvalue weighted by Crippen LogP contribution is 2.34. The van der Waals surface area contributed by atoms with E-state index in [9.17, 15) is 4.79 Å². The molecule has 0 saturated carbocycles. The number of nitrogens with one attached hydrogen (secondary N) is 1. The number of carbonyl (C=O) groups is 1. The van der Waals surface area contributed by atoms with E-state index < -0.39 is 0 Å². The molecular formula is C18H17N3O4. The van der Waals surface area contributed by atoms with Crippen LogP contribution in [0.25, 0.3) is 5.65 Å². The summed E-state index contributed by atoms with van der Waals surface area (Å²) in [7, 11) is 0. The van der Waals surface area contributed by atoms with Crippen molar-refractivity contribution in [2.75, 3.05) is 13.4 Å². The summed E-state index contributed by atoms with van der Waals surface area (Å²) in [4.78, 5) is 16.5. The van der Waals surface area contributed by atoms with E-state index in [4.69, 9.17) is 14.2 Å². The van der Waals surface area contributed by atoms with Crippen molar-refractivity contribution < 1.29 is 19.0 Å². The van der Waals surface area contributed by atoms with Crippen molar-refractivity contribution in [2.24, 2.45) is 0 Å². The maximum Gasteiger partial charge on any atom is 0.258 e. The lowest BCUT2D eigenvalue weighted by Gasteiger charge is -2.07. The molecule has 7 heteroatoms. The van der Waals surface area contributed by atoms with Crippen LogP contribution in [0.1, 0.15) is 11.3 Å². The highest BCUT2D eigenvalue weighted by Gasteiger charge is 2.14. The Bertz CT molecular complexity index is 935. The number of benzene rings is 1. The topological polar surface area (TPSA) is 74.1 Å². The van der Waals surface area contributed by atoms with Gasteiger partial charge in [-0.3, -0.25) is 4.79 Å². The molecule has 3 heterocycles. The molecule has 0 unspecified atom stereocenters. The van der Waals surface area contributed by atoms with Gasteiger partial charge in [-0.05, 0) is 30.7 Å². The fraction of sp³-hybridized carbons (Fsp3) is 0.222. The van der Waals surface area contributed by atoms with Crippen molar-refractivity contribution in [2.45, 2.75) is 13.5 Å². The number of hydrogen-bond acceptors (Lipinski definition) is 5. The van der Waals surface area contributed by atoms with Gasteiger partial charge < -0.3 is 23.9 Å². The lowest BCUT2D eigenvalue weighted by Crippen LogP contribution is -2.28. The van der Waals surface area contributed by atoms with E-state index in [2.05, 4.69) is 10.3 Å². The Hall–Kier alpha value is -3.22. The molecule has 1 amide bonds. The number of hydrogen-bond donors (Lipinski definition) is 1. The van der Waals surface area contributed by atoms with Gasteiger partial charge in [-0.25, -0.2) is 4.98 Å². The second kappa shape index (κ2) is 6.35. The summed E-state index contributed by atoms with van der Waals surface area (Å²) in [6, 6.07) is 9.18. The number of ether oxygens (including phenoxy) is 3. The number of aryl methyl sites for hydroxylation is 1. The van der Waals surface area contributed by atoms with Crippen molar-refractivity contribution in [1.29, 1.82) is 0 Å². The number of carbonyl (C=O) groups excluding carboxylic acids is 1. The predicted molar refractivity (Wildman–Crippen MR) is 89.8 cm³/mol. The Balaban J connectivity index is 1.32. The number of rotatable bonds is 5. The van der Waals surface area contributed by atoms with Crippen LogP contribution in [0.3, 0.4) is 0 Å².